The minimum Gasteiger partial charge on any atom is -0.504 e. The molecule has 198 valence electrons. The van der Waals surface area contributed by atoms with Crippen LogP contribution in [0.4, 0.5) is 13.2 Å². The first-order valence-electron chi connectivity index (χ1n) is 11.1. The van der Waals surface area contributed by atoms with Gasteiger partial charge in [0.1, 0.15) is 5.84 Å². The molecule has 3 rings (SSSR count). The van der Waals surface area contributed by atoms with Crippen molar-refractivity contribution in [3.8, 4) is 5.75 Å². The third kappa shape index (κ3) is 6.58. The van der Waals surface area contributed by atoms with Gasteiger partial charge in [-0.3, -0.25) is 25.2 Å². The second-order valence-electron chi connectivity index (χ2n) is 9.04. The van der Waals surface area contributed by atoms with Crippen molar-refractivity contribution in [2.45, 2.75) is 64.1 Å². The maximum absolute atomic E-state index is 14.8. The van der Waals surface area contributed by atoms with E-state index < -0.39 is 70.6 Å². The maximum atomic E-state index is 14.8. The van der Waals surface area contributed by atoms with Gasteiger partial charge in [0.15, 0.2) is 23.2 Å². The van der Waals surface area contributed by atoms with Crippen molar-refractivity contribution < 1.29 is 27.9 Å². The van der Waals surface area contributed by atoms with E-state index in [4.69, 9.17) is 16.9 Å². The number of imide groups is 1. The molecular formula is C22H32Cl2F3N5O3. The lowest BCUT2D eigenvalue weighted by atomic mass is 9.79. The highest BCUT2D eigenvalue weighted by Crippen LogP contribution is 2.39. The molecule has 2 amide bonds. The van der Waals surface area contributed by atoms with Gasteiger partial charge in [-0.2, -0.15) is 0 Å². The van der Waals surface area contributed by atoms with E-state index in [0.717, 1.165) is 32.1 Å². The lowest BCUT2D eigenvalue weighted by Gasteiger charge is -2.27. The number of nitrogens with zero attached hydrogens (tertiary/aromatic N) is 1. The Kier molecular flexibility index (Phi) is 11.3. The third-order valence-corrected chi connectivity index (χ3v) is 6.73. The summed E-state index contributed by atoms with van der Waals surface area (Å²) in [4.78, 5) is 26.3. The Hall–Kier alpha value is -2.08. The van der Waals surface area contributed by atoms with Crippen LogP contribution in [-0.2, 0) is 16.1 Å². The van der Waals surface area contributed by atoms with E-state index in [9.17, 15) is 27.9 Å². The molecule has 0 bridgehead atoms. The summed E-state index contributed by atoms with van der Waals surface area (Å²) in [7, 11) is 0. The second kappa shape index (κ2) is 12.8. The zero-order valence-corrected chi connectivity index (χ0v) is 20.9. The minimum atomic E-state index is -1.63. The average Bonchev–Trinajstić information content (AvgIpc) is 3.20. The fraction of sp³-hybridized carbons (Fsp3) is 0.591. The van der Waals surface area contributed by atoms with Crippen molar-refractivity contribution in [2.24, 2.45) is 23.3 Å². The lowest BCUT2D eigenvalue weighted by molar-refractivity contribution is -0.133. The van der Waals surface area contributed by atoms with Crippen LogP contribution in [0.5, 0.6) is 5.75 Å². The molecule has 13 heteroatoms. The van der Waals surface area contributed by atoms with Crippen LogP contribution in [-0.4, -0.2) is 46.3 Å². The molecule has 1 heterocycles. The zero-order valence-electron chi connectivity index (χ0n) is 19.3. The predicted molar refractivity (Wildman–Crippen MR) is 129 cm³/mol. The Balaban J connectivity index is 0.00000306. The van der Waals surface area contributed by atoms with Crippen molar-refractivity contribution in [1.29, 1.82) is 5.41 Å². The van der Waals surface area contributed by atoms with Crippen molar-refractivity contribution in [2.75, 3.05) is 6.54 Å². The van der Waals surface area contributed by atoms with Crippen LogP contribution >= 0.6 is 24.8 Å². The van der Waals surface area contributed by atoms with Crippen LogP contribution in [0.1, 0.15) is 56.6 Å². The maximum Gasteiger partial charge on any atom is 0.243 e. The minimum absolute atomic E-state index is 0. The number of nitrogen functional groups attached to an aromatic ring is 1. The lowest BCUT2D eigenvalue weighted by Crippen LogP contribution is -2.49. The Morgan fingerprint density at radius 3 is 2.26 bits per heavy atom. The van der Waals surface area contributed by atoms with Crippen LogP contribution in [0.3, 0.4) is 0 Å². The molecule has 1 aliphatic carbocycles. The number of halogens is 5. The van der Waals surface area contributed by atoms with Gasteiger partial charge in [0, 0.05) is 18.7 Å². The van der Waals surface area contributed by atoms with Gasteiger partial charge in [0.25, 0.3) is 0 Å². The molecule has 35 heavy (non-hydrogen) atoms. The summed E-state index contributed by atoms with van der Waals surface area (Å²) >= 11 is 0. The average molecular weight is 542 g/mol. The summed E-state index contributed by atoms with van der Waals surface area (Å²) in [6, 6.07) is -1.80. The van der Waals surface area contributed by atoms with E-state index in [0.29, 0.717) is 18.9 Å². The molecule has 0 aromatic heterocycles. The molecule has 2 fully saturated rings. The van der Waals surface area contributed by atoms with Crippen LogP contribution in [0, 0.1) is 34.7 Å². The van der Waals surface area contributed by atoms with Crippen LogP contribution in [0.15, 0.2) is 0 Å². The van der Waals surface area contributed by atoms with Gasteiger partial charge >= 0.3 is 0 Å². The van der Waals surface area contributed by atoms with E-state index in [1.54, 1.807) is 0 Å². The van der Waals surface area contributed by atoms with Gasteiger partial charge in [-0.05, 0) is 25.2 Å². The van der Waals surface area contributed by atoms with Crippen molar-refractivity contribution >= 4 is 42.5 Å². The number of hydrogen-bond acceptors (Lipinski definition) is 6. The van der Waals surface area contributed by atoms with Gasteiger partial charge in [0.2, 0.25) is 11.8 Å². The first kappa shape index (κ1) is 31.0. The van der Waals surface area contributed by atoms with Gasteiger partial charge in [-0.15, -0.1) is 24.8 Å². The molecule has 0 spiro atoms. The number of carbonyl (C=O) groups excluding carboxylic acids is 2. The summed E-state index contributed by atoms with van der Waals surface area (Å²) in [5, 5.41) is 19.5. The molecule has 7 N–H and O–H groups in total. The Labute approximate surface area is 214 Å². The van der Waals surface area contributed by atoms with Crippen molar-refractivity contribution in [3.05, 3.63) is 28.6 Å². The number of rotatable bonds is 6. The third-order valence-electron chi connectivity index (χ3n) is 6.73. The normalized spacial score (nSPS) is 21.5. The standard InChI is InChI=1S/C22H30F3N5O3.2ClH/c1-10(26)21(32)29-22(33)14-7-12(11-5-3-2-4-6-11)8-30(14)9-13-16(23)18(25)15(20(27)28)19(31)17(13)24;;/h10-12,14,31H,2-9,26H2,1H3,(H3,27,28)(H,29,32,33);2*1H/t10-,12?,14-;;/m0../s1. The van der Waals surface area contributed by atoms with E-state index in [2.05, 4.69) is 5.32 Å². The quantitative estimate of drug-likeness (QED) is 0.212. The van der Waals surface area contributed by atoms with Crippen LogP contribution in [0.2, 0.25) is 0 Å². The summed E-state index contributed by atoms with van der Waals surface area (Å²) in [5.74, 6) is -7.84. The number of hydrogen-bond donors (Lipinski definition) is 5. The SMILES string of the molecule is C[C@H](N)C(=O)NC(=O)[C@@H]1CC(C2CCCCC2)CN1Cc1c(F)c(O)c(C(=N)N)c(F)c1F.Cl.Cl. The number of likely N-dealkylation sites (tertiary alicyclic amines) is 1. The molecule has 2 aliphatic rings. The Morgan fingerprint density at radius 2 is 1.71 bits per heavy atom. The van der Waals surface area contributed by atoms with E-state index in [1.165, 1.54) is 11.8 Å². The molecule has 1 aliphatic heterocycles. The molecule has 3 atom stereocenters. The number of carbonyl (C=O) groups is 2. The first-order valence-corrected chi connectivity index (χ1v) is 11.1. The number of phenolic OH excluding ortho intramolecular Hbond substituents is 1. The van der Waals surface area contributed by atoms with Crippen molar-refractivity contribution in [3.63, 3.8) is 0 Å². The highest BCUT2D eigenvalue weighted by molar-refractivity contribution is 6.00. The molecule has 0 radical (unpaired) electrons. The fourth-order valence-corrected chi connectivity index (χ4v) is 4.93. The fourth-order valence-electron chi connectivity index (χ4n) is 4.93. The van der Waals surface area contributed by atoms with Crippen LogP contribution in [0.25, 0.3) is 0 Å². The number of amides is 2. The highest BCUT2D eigenvalue weighted by atomic mass is 35.5. The van der Waals surface area contributed by atoms with E-state index >= 15 is 0 Å². The molecular weight excluding hydrogens is 510 g/mol. The second-order valence-corrected chi connectivity index (χ2v) is 9.04. The van der Waals surface area contributed by atoms with Crippen LogP contribution < -0.4 is 16.8 Å². The molecule has 1 unspecified atom stereocenters. The topological polar surface area (TPSA) is 146 Å². The first-order chi connectivity index (χ1) is 15.5. The van der Waals surface area contributed by atoms with E-state index in [1.807, 2.05) is 0 Å². The molecule has 1 saturated carbocycles. The number of nitrogens with one attached hydrogen (secondary N) is 2. The molecule has 8 nitrogen and oxygen atoms in total. The van der Waals surface area contributed by atoms with Gasteiger partial charge in [-0.25, -0.2) is 13.2 Å². The predicted octanol–water partition coefficient (Wildman–Crippen LogP) is 2.70. The summed E-state index contributed by atoms with van der Waals surface area (Å²) < 4.78 is 44.0. The Morgan fingerprint density at radius 1 is 1.11 bits per heavy atom. The molecule has 1 aromatic rings. The molecule has 1 aromatic carbocycles. The monoisotopic (exact) mass is 541 g/mol. The zero-order chi connectivity index (χ0) is 24.4. The number of nitrogens with two attached hydrogens (primary N) is 2. The van der Waals surface area contributed by atoms with Gasteiger partial charge < -0.3 is 16.6 Å². The van der Waals surface area contributed by atoms with Gasteiger partial charge in [-0.1, -0.05) is 32.1 Å². The number of phenols is 1. The van der Waals surface area contributed by atoms with Crippen molar-refractivity contribution in [1.82, 2.24) is 10.2 Å². The largest absolute Gasteiger partial charge is 0.504 e. The summed E-state index contributed by atoms with van der Waals surface area (Å²) in [6.07, 6.45) is 5.61. The number of amidine groups is 1. The smallest absolute Gasteiger partial charge is 0.243 e. The number of aromatic hydroxyl groups is 1. The summed E-state index contributed by atoms with van der Waals surface area (Å²) in [6.45, 7) is 1.24. The van der Waals surface area contributed by atoms with E-state index in [-0.39, 0.29) is 30.7 Å². The number of benzene rings is 1. The Bertz CT molecular complexity index is 932. The highest BCUT2D eigenvalue weighted by Gasteiger charge is 2.42. The molecule has 1 saturated heterocycles. The summed E-state index contributed by atoms with van der Waals surface area (Å²) in [5.41, 5.74) is 8.85. The van der Waals surface area contributed by atoms with Gasteiger partial charge in [0.05, 0.1) is 17.6 Å².